The lowest BCUT2D eigenvalue weighted by atomic mass is 10.1. The normalized spacial score (nSPS) is 18.2. The number of sulfonamides is 1. The summed E-state index contributed by atoms with van der Waals surface area (Å²) in [5, 5.41) is 3.20. The van der Waals surface area contributed by atoms with Gasteiger partial charge in [-0.25, -0.2) is 12.8 Å². The molecule has 1 heterocycles. The fraction of sp³-hybridized carbons (Fsp3) is 0.333. The van der Waals surface area contributed by atoms with Crippen LogP contribution in [0.25, 0.3) is 0 Å². The monoisotopic (exact) mass is 399 g/mol. The van der Waals surface area contributed by atoms with Crippen molar-refractivity contribution in [3.8, 4) is 0 Å². The molecule has 2 aromatic rings. The number of anilines is 1. The Kier molecular flexibility index (Phi) is 6.63. The third-order valence-electron chi connectivity index (χ3n) is 4.37. The van der Waals surface area contributed by atoms with Crippen LogP contribution < -0.4 is 10.2 Å². The number of hydrogen-bond donors (Lipinski definition) is 1. The first-order chi connectivity index (χ1) is 11.9. The summed E-state index contributed by atoms with van der Waals surface area (Å²) in [4.78, 5) is 2.11. The Morgan fingerprint density at radius 2 is 1.88 bits per heavy atom. The minimum absolute atomic E-state index is 0. The number of hydrogen-bond acceptors (Lipinski definition) is 4. The summed E-state index contributed by atoms with van der Waals surface area (Å²) in [6.45, 7) is 1.37. The molecule has 5 nitrogen and oxygen atoms in total. The van der Waals surface area contributed by atoms with Gasteiger partial charge in [-0.05, 0) is 35.9 Å². The van der Waals surface area contributed by atoms with Crippen molar-refractivity contribution in [3.05, 3.63) is 59.9 Å². The van der Waals surface area contributed by atoms with E-state index in [1.165, 1.54) is 16.4 Å². The van der Waals surface area contributed by atoms with Gasteiger partial charge in [0.25, 0.3) is 0 Å². The maximum Gasteiger partial charge on any atom is 0.243 e. The van der Waals surface area contributed by atoms with E-state index in [-0.39, 0.29) is 23.1 Å². The van der Waals surface area contributed by atoms with Gasteiger partial charge in [0.1, 0.15) is 5.82 Å². The van der Waals surface area contributed by atoms with E-state index in [4.69, 9.17) is 0 Å². The Morgan fingerprint density at radius 1 is 1.15 bits per heavy atom. The van der Waals surface area contributed by atoms with Gasteiger partial charge in [-0.15, -0.1) is 12.4 Å². The summed E-state index contributed by atoms with van der Waals surface area (Å²) in [5.41, 5.74) is 1.47. The van der Waals surface area contributed by atoms with Crippen LogP contribution in [-0.2, 0) is 10.0 Å². The Balaban J connectivity index is 0.00000243. The van der Waals surface area contributed by atoms with Gasteiger partial charge in [-0.3, -0.25) is 0 Å². The molecule has 0 spiro atoms. The zero-order valence-corrected chi connectivity index (χ0v) is 16.4. The Morgan fingerprint density at radius 3 is 2.58 bits per heavy atom. The van der Waals surface area contributed by atoms with Crippen LogP contribution >= 0.6 is 12.4 Å². The van der Waals surface area contributed by atoms with Crippen LogP contribution in [0, 0.1) is 5.82 Å². The molecule has 1 aliphatic rings. The average Bonchev–Trinajstić information content (AvgIpc) is 2.62. The highest BCUT2D eigenvalue weighted by Crippen LogP contribution is 2.30. The maximum atomic E-state index is 13.6. The maximum absolute atomic E-state index is 13.6. The van der Waals surface area contributed by atoms with Crippen LogP contribution in [0.15, 0.2) is 53.4 Å². The molecule has 1 saturated heterocycles. The molecule has 8 heteroatoms. The minimum atomic E-state index is -3.68. The first-order valence-electron chi connectivity index (χ1n) is 8.15. The van der Waals surface area contributed by atoms with Gasteiger partial charge in [0.05, 0.1) is 10.9 Å². The summed E-state index contributed by atoms with van der Waals surface area (Å²) in [5.74, 6) is -0.366. The molecule has 0 saturated carbocycles. The smallest absolute Gasteiger partial charge is 0.243 e. The third kappa shape index (κ3) is 4.17. The third-order valence-corrected chi connectivity index (χ3v) is 6.27. The average molecular weight is 400 g/mol. The Hall–Kier alpha value is -1.67. The number of nitrogens with one attached hydrogen (secondary N) is 1. The van der Waals surface area contributed by atoms with Crippen molar-refractivity contribution < 1.29 is 12.8 Å². The molecular weight excluding hydrogens is 377 g/mol. The van der Waals surface area contributed by atoms with E-state index >= 15 is 0 Å². The molecule has 1 aliphatic heterocycles. The molecule has 142 valence electrons. The molecule has 0 radical (unpaired) electrons. The summed E-state index contributed by atoms with van der Waals surface area (Å²) in [6.07, 6.45) is 0. The number of nitrogens with zero attached hydrogens (tertiary/aromatic N) is 2. The van der Waals surface area contributed by atoms with Crippen molar-refractivity contribution >= 4 is 28.1 Å². The summed E-state index contributed by atoms with van der Waals surface area (Å²) in [7, 11) is 0.0503. The van der Waals surface area contributed by atoms with Gasteiger partial charge in [0.15, 0.2) is 0 Å². The Bertz CT molecular complexity index is 861. The molecular formula is C18H23ClFN3O2S. The number of piperazine rings is 1. The fourth-order valence-electron chi connectivity index (χ4n) is 3.03. The van der Waals surface area contributed by atoms with Crippen LogP contribution in [0.1, 0.15) is 11.6 Å². The second kappa shape index (κ2) is 8.35. The van der Waals surface area contributed by atoms with Crippen molar-refractivity contribution in [2.24, 2.45) is 0 Å². The van der Waals surface area contributed by atoms with E-state index < -0.39 is 16.1 Å². The van der Waals surface area contributed by atoms with Crippen molar-refractivity contribution in [1.82, 2.24) is 9.62 Å². The zero-order chi connectivity index (χ0) is 18.0. The lowest BCUT2D eigenvalue weighted by Gasteiger charge is -2.35. The van der Waals surface area contributed by atoms with Crippen molar-refractivity contribution in [2.45, 2.75) is 10.9 Å². The van der Waals surface area contributed by atoms with E-state index in [1.807, 2.05) is 25.1 Å². The largest absolute Gasteiger partial charge is 0.378 e. The molecule has 0 aromatic heterocycles. The lowest BCUT2D eigenvalue weighted by Crippen LogP contribution is -2.48. The number of rotatable bonds is 4. The van der Waals surface area contributed by atoms with E-state index in [0.29, 0.717) is 25.2 Å². The van der Waals surface area contributed by atoms with Gasteiger partial charge < -0.3 is 10.2 Å². The van der Waals surface area contributed by atoms with Crippen molar-refractivity contribution in [1.29, 1.82) is 0 Å². The number of benzene rings is 2. The highest BCUT2D eigenvalue weighted by Gasteiger charge is 2.34. The SMILES string of the molecule is CN(C)c1cccc(S(=O)(=O)N2CCNCC2c2cccc(F)c2)c1.Cl. The molecule has 0 aliphatic carbocycles. The van der Waals surface area contributed by atoms with Crippen molar-refractivity contribution in [3.63, 3.8) is 0 Å². The van der Waals surface area contributed by atoms with E-state index in [9.17, 15) is 12.8 Å². The van der Waals surface area contributed by atoms with Crippen molar-refractivity contribution in [2.75, 3.05) is 38.6 Å². The standard InChI is InChI=1S/C18H22FN3O2S.ClH/c1-21(2)16-7-4-8-17(12-16)25(23,24)22-10-9-20-13-18(22)14-5-3-6-15(19)11-14;/h3-8,11-12,18,20H,9-10,13H2,1-2H3;1H. The Labute approximate surface area is 160 Å². The molecule has 0 bridgehead atoms. The van der Waals surface area contributed by atoms with Gasteiger partial charge in [0, 0.05) is 39.4 Å². The van der Waals surface area contributed by atoms with Crippen LogP contribution in [0.3, 0.4) is 0 Å². The molecule has 1 fully saturated rings. The first kappa shape index (κ1) is 20.6. The highest BCUT2D eigenvalue weighted by atomic mass is 35.5. The molecule has 1 N–H and O–H groups in total. The predicted octanol–water partition coefficient (Wildman–Crippen LogP) is 2.65. The van der Waals surface area contributed by atoms with Crippen LogP contribution in [0.4, 0.5) is 10.1 Å². The molecule has 1 atom stereocenters. The quantitative estimate of drug-likeness (QED) is 0.858. The molecule has 1 unspecified atom stereocenters. The summed E-state index contributed by atoms with van der Waals surface area (Å²) < 4.78 is 41.5. The van der Waals surface area contributed by atoms with Gasteiger partial charge in [-0.2, -0.15) is 4.31 Å². The zero-order valence-electron chi connectivity index (χ0n) is 14.7. The van der Waals surface area contributed by atoms with E-state index in [0.717, 1.165) is 5.69 Å². The summed E-state index contributed by atoms with van der Waals surface area (Å²) in [6, 6.07) is 12.6. The first-order valence-corrected chi connectivity index (χ1v) is 9.59. The number of halogens is 2. The highest BCUT2D eigenvalue weighted by molar-refractivity contribution is 7.89. The second-order valence-corrected chi connectivity index (χ2v) is 8.17. The topological polar surface area (TPSA) is 52.7 Å². The van der Waals surface area contributed by atoms with E-state index in [1.54, 1.807) is 30.3 Å². The van der Waals surface area contributed by atoms with Crippen LogP contribution in [-0.4, -0.2) is 46.5 Å². The second-order valence-electron chi connectivity index (χ2n) is 6.28. The minimum Gasteiger partial charge on any atom is -0.378 e. The summed E-state index contributed by atoms with van der Waals surface area (Å²) >= 11 is 0. The van der Waals surface area contributed by atoms with Crippen LogP contribution in [0.5, 0.6) is 0 Å². The molecule has 2 aromatic carbocycles. The molecule has 3 rings (SSSR count). The van der Waals surface area contributed by atoms with Gasteiger partial charge in [0.2, 0.25) is 10.0 Å². The van der Waals surface area contributed by atoms with Gasteiger partial charge in [-0.1, -0.05) is 18.2 Å². The molecule has 0 amide bonds. The lowest BCUT2D eigenvalue weighted by molar-refractivity contribution is 0.271. The van der Waals surface area contributed by atoms with E-state index in [2.05, 4.69) is 5.32 Å². The molecule has 26 heavy (non-hydrogen) atoms. The van der Waals surface area contributed by atoms with Crippen LogP contribution in [0.2, 0.25) is 0 Å². The predicted molar refractivity (Wildman–Crippen MR) is 104 cm³/mol. The fourth-order valence-corrected chi connectivity index (χ4v) is 4.68. The van der Waals surface area contributed by atoms with Gasteiger partial charge >= 0.3 is 0 Å².